The minimum absolute atomic E-state index is 0.0488. The number of cyclic esters (lactones) is 2. The SMILES string of the molecule is COC[C@H]1OC(=O)c2coc3c2C1C1=C(C3=O)C2CC[C@H](OC(=O)CSCCOCCSCC(=O)O[C@H]3CCC4C5=C(C6c7c(coc7C5=O)C(=O)O[C@@H]6COC)[C@H](OC(C)=O)C[C@@]43C)[C@@]2(C)C[C@H]1OC(C)=O. The molecule has 2 saturated carbocycles. The van der Waals surface area contributed by atoms with Crippen LogP contribution in [0.15, 0.2) is 43.7 Å². The van der Waals surface area contributed by atoms with E-state index in [2.05, 4.69) is 0 Å². The number of hydrogen-bond donors (Lipinski definition) is 0. The molecule has 4 heterocycles. The molecule has 73 heavy (non-hydrogen) atoms. The zero-order chi connectivity index (χ0) is 51.7. The van der Waals surface area contributed by atoms with Crippen LogP contribution in [0, 0.1) is 22.7 Å². The first kappa shape index (κ1) is 51.3. The van der Waals surface area contributed by atoms with E-state index in [1.54, 1.807) is 0 Å². The second kappa shape index (κ2) is 20.1. The topological polar surface area (TPSA) is 246 Å². The third-order valence-electron chi connectivity index (χ3n) is 16.3. The lowest BCUT2D eigenvalue weighted by atomic mass is 9.58. The molecule has 8 aliphatic rings. The predicted molar refractivity (Wildman–Crippen MR) is 255 cm³/mol. The van der Waals surface area contributed by atoms with E-state index in [-0.39, 0.29) is 83.6 Å². The maximum absolute atomic E-state index is 14.3. The van der Waals surface area contributed by atoms with Crippen LogP contribution < -0.4 is 0 Å². The molecule has 12 atom stereocenters. The number of carbonyl (C=O) groups excluding carboxylic acids is 8. The molecule has 0 radical (unpaired) electrons. The van der Waals surface area contributed by atoms with Crippen molar-refractivity contribution >= 4 is 70.9 Å². The van der Waals surface area contributed by atoms with E-state index >= 15 is 0 Å². The van der Waals surface area contributed by atoms with Crippen molar-refractivity contribution in [3.05, 3.63) is 68.6 Å². The first-order valence-corrected chi connectivity index (χ1v) is 27.0. The number of hydrogen-bond acceptors (Lipinski definition) is 21. The van der Waals surface area contributed by atoms with Crippen molar-refractivity contribution in [3.8, 4) is 0 Å². The number of ketones is 2. The number of carbonyl (C=O) groups is 8. The Morgan fingerprint density at radius 1 is 0.616 bits per heavy atom. The number of Topliss-reactive ketones (excluding diaryl/α,β-unsaturated/α-hetero) is 2. The number of rotatable bonds is 18. The molecular weight excluding hydrogens is 993 g/mol. The summed E-state index contributed by atoms with van der Waals surface area (Å²) >= 11 is 2.72. The molecule has 2 aromatic rings. The number of ether oxygens (including phenoxy) is 9. The molecule has 0 N–H and O–H groups in total. The van der Waals surface area contributed by atoms with E-state index in [1.165, 1.54) is 64.1 Å². The van der Waals surface area contributed by atoms with Gasteiger partial charge in [0.25, 0.3) is 0 Å². The van der Waals surface area contributed by atoms with Gasteiger partial charge in [0, 0.05) is 72.7 Å². The summed E-state index contributed by atoms with van der Waals surface area (Å²) in [6, 6.07) is 0. The summed E-state index contributed by atoms with van der Waals surface area (Å²) in [6.45, 7) is 7.33. The van der Waals surface area contributed by atoms with Gasteiger partial charge < -0.3 is 51.5 Å². The van der Waals surface area contributed by atoms with Crippen molar-refractivity contribution in [1.82, 2.24) is 0 Å². The van der Waals surface area contributed by atoms with Gasteiger partial charge >= 0.3 is 35.8 Å². The van der Waals surface area contributed by atoms with E-state index in [9.17, 15) is 38.4 Å². The van der Waals surface area contributed by atoms with Crippen molar-refractivity contribution in [2.45, 2.75) is 115 Å². The van der Waals surface area contributed by atoms with Gasteiger partial charge in [-0.1, -0.05) is 13.8 Å². The van der Waals surface area contributed by atoms with E-state index < -0.39 is 95.1 Å². The van der Waals surface area contributed by atoms with E-state index in [0.717, 1.165) is 0 Å². The van der Waals surface area contributed by atoms with Gasteiger partial charge in [0.2, 0.25) is 11.6 Å². The first-order chi connectivity index (χ1) is 35.0. The molecular formula is C52H58O19S2. The van der Waals surface area contributed by atoms with Crippen LogP contribution in [0.2, 0.25) is 0 Å². The van der Waals surface area contributed by atoms with Gasteiger partial charge in [0.05, 0.1) is 49.8 Å². The molecule has 0 bridgehead atoms. The van der Waals surface area contributed by atoms with E-state index in [4.69, 9.17) is 51.5 Å². The lowest BCUT2D eigenvalue weighted by molar-refractivity contribution is -0.157. The molecule has 6 aliphatic carbocycles. The monoisotopic (exact) mass is 1050 g/mol. The highest BCUT2D eigenvalue weighted by Gasteiger charge is 2.63. The van der Waals surface area contributed by atoms with Crippen LogP contribution in [0.4, 0.5) is 0 Å². The highest BCUT2D eigenvalue weighted by Crippen LogP contribution is 2.63. The Morgan fingerprint density at radius 3 is 1.41 bits per heavy atom. The van der Waals surface area contributed by atoms with Crippen molar-refractivity contribution in [2.75, 3.05) is 63.7 Å². The summed E-state index contributed by atoms with van der Waals surface area (Å²) < 4.78 is 63.8. The van der Waals surface area contributed by atoms with Gasteiger partial charge in [-0.2, -0.15) is 0 Å². The summed E-state index contributed by atoms with van der Waals surface area (Å²) in [6.07, 6.45) is 0.753. The third kappa shape index (κ3) is 8.77. The number of methoxy groups -OCH3 is 2. The number of esters is 6. The highest BCUT2D eigenvalue weighted by molar-refractivity contribution is 8.00. The van der Waals surface area contributed by atoms with Crippen molar-refractivity contribution in [2.24, 2.45) is 22.7 Å². The number of allylic oxidation sites excluding steroid dienone is 2. The van der Waals surface area contributed by atoms with Gasteiger partial charge in [0.15, 0.2) is 11.5 Å². The van der Waals surface area contributed by atoms with E-state index in [1.807, 2.05) is 13.8 Å². The molecule has 392 valence electrons. The quantitative estimate of drug-likeness (QED) is 0.0957. The first-order valence-electron chi connectivity index (χ1n) is 24.7. The van der Waals surface area contributed by atoms with Gasteiger partial charge in [-0.25, -0.2) is 9.59 Å². The largest absolute Gasteiger partial charge is 0.461 e. The fourth-order valence-electron chi connectivity index (χ4n) is 13.5. The summed E-state index contributed by atoms with van der Waals surface area (Å²) in [7, 11) is 2.98. The van der Waals surface area contributed by atoms with Gasteiger partial charge in [-0.3, -0.25) is 28.8 Å². The molecule has 0 spiro atoms. The lowest BCUT2D eigenvalue weighted by Crippen LogP contribution is -2.50. The number of furan rings is 2. The predicted octanol–water partition coefficient (Wildman–Crippen LogP) is 5.91. The fraction of sp³-hybridized carbons (Fsp3) is 0.615. The molecule has 0 amide bonds. The zero-order valence-corrected chi connectivity index (χ0v) is 43.0. The molecule has 10 rings (SSSR count). The Kier molecular flexibility index (Phi) is 14.1. The Morgan fingerprint density at radius 2 is 1.03 bits per heavy atom. The molecule has 19 nitrogen and oxygen atoms in total. The van der Waals surface area contributed by atoms with Crippen LogP contribution in [0.3, 0.4) is 0 Å². The number of fused-ring (bicyclic) bond motifs is 6. The summed E-state index contributed by atoms with van der Waals surface area (Å²) in [5, 5.41) is 0. The van der Waals surface area contributed by atoms with Crippen LogP contribution in [-0.4, -0.2) is 148 Å². The van der Waals surface area contributed by atoms with Crippen molar-refractivity contribution in [3.63, 3.8) is 0 Å². The van der Waals surface area contributed by atoms with Gasteiger partial charge in [-0.05, 0) is 61.5 Å². The Hall–Kier alpha value is -5.22. The minimum atomic E-state index is -0.847. The minimum Gasteiger partial charge on any atom is -0.461 e. The molecule has 2 aromatic heterocycles. The normalized spacial score (nSPS) is 32.4. The van der Waals surface area contributed by atoms with Crippen molar-refractivity contribution < 1.29 is 89.8 Å². The zero-order valence-electron chi connectivity index (χ0n) is 41.4. The second-order valence-corrected chi connectivity index (χ2v) is 22.7. The van der Waals surface area contributed by atoms with Crippen LogP contribution >= 0.6 is 23.5 Å². The van der Waals surface area contributed by atoms with Crippen LogP contribution in [0.1, 0.15) is 131 Å². The Balaban J connectivity index is 0.690. The molecule has 2 aliphatic heterocycles. The smallest absolute Gasteiger partial charge is 0.342 e. The standard InChI is InChI=1S/C52H58O19S2/c1-23(53)66-29-15-51(3)27(39-41(29)43-31(19-61-5)68-49(59)25-17-64-47(37(25)43)45(39)57)7-9-33(51)70-35(55)21-72-13-11-63-12-14-73-22-36(56)71-34-10-8-28-40-42(30(67-24(2)54)16-52(28,34)4)44-32(20-62-6)69-50(60)26-18-65-48(38(26)44)46(40)58/h17-18,27-34,43-44H,7-16,19-22H2,1-6H3/t27?,28?,29-,30-,31-,32-,33+,34+,43?,44?,51+,52+/m1/s1. The molecule has 21 heteroatoms. The summed E-state index contributed by atoms with van der Waals surface area (Å²) in [4.78, 5) is 106. The number of thioether (sulfide) groups is 2. The average molecular weight is 1050 g/mol. The van der Waals surface area contributed by atoms with Crippen molar-refractivity contribution in [1.29, 1.82) is 0 Å². The maximum Gasteiger partial charge on any atom is 0.342 e. The molecule has 2 fully saturated rings. The second-order valence-electron chi connectivity index (χ2n) is 20.5. The van der Waals surface area contributed by atoms with Gasteiger partial charge in [-0.15, -0.1) is 23.5 Å². The highest BCUT2D eigenvalue weighted by atomic mass is 32.2. The molecule has 4 unspecified atom stereocenters. The fourth-order valence-corrected chi connectivity index (χ4v) is 14.7. The summed E-state index contributed by atoms with van der Waals surface area (Å²) in [5.41, 5.74) is 1.77. The maximum atomic E-state index is 14.3. The Bertz CT molecular complexity index is 2530. The van der Waals surface area contributed by atoms with Gasteiger partial charge in [0.1, 0.15) is 60.3 Å². The molecule has 0 saturated heterocycles. The lowest BCUT2D eigenvalue weighted by Gasteiger charge is -2.48. The van der Waals surface area contributed by atoms with Crippen LogP contribution in [0.5, 0.6) is 0 Å². The Labute approximate surface area is 428 Å². The third-order valence-corrected chi connectivity index (χ3v) is 18.1. The van der Waals surface area contributed by atoms with E-state index in [0.29, 0.717) is 83.8 Å². The van der Waals surface area contributed by atoms with Crippen LogP contribution in [-0.2, 0) is 61.8 Å². The molecule has 0 aromatic carbocycles. The summed E-state index contributed by atoms with van der Waals surface area (Å²) in [5.74, 6) is -4.53. The average Bonchev–Trinajstić information content (AvgIpc) is 4.12. The van der Waals surface area contributed by atoms with Crippen LogP contribution in [0.25, 0.3) is 0 Å².